The number of rotatable bonds is 13. The van der Waals surface area contributed by atoms with Crippen molar-refractivity contribution in [3.05, 3.63) is 47.7 Å². The van der Waals surface area contributed by atoms with Crippen LogP contribution < -0.4 is 5.73 Å². The predicted molar refractivity (Wildman–Crippen MR) is 132 cm³/mol. The Morgan fingerprint density at radius 1 is 1.08 bits per heavy atom. The number of aliphatic hydroxyl groups is 1. The van der Waals surface area contributed by atoms with Crippen LogP contribution in [0.4, 0.5) is 4.79 Å². The molecule has 1 aliphatic rings. The van der Waals surface area contributed by atoms with E-state index in [4.69, 9.17) is 34.6 Å². The number of esters is 2. The van der Waals surface area contributed by atoms with Gasteiger partial charge in [-0.25, -0.2) is 14.4 Å². The molecule has 3 N–H and O–H groups in total. The third kappa shape index (κ3) is 9.39. The second-order valence-electron chi connectivity index (χ2n) is 8.00. The summed E-state index contributed by atoms with van der Waals surface area (Å²) in [6.07, 6.45) is 1.22. The zero-order chi connectivity index (χ0) is 27.1. The minimum Gasteiger partial charge on any atom is -0.463 e. The summed E-state index contributed by atoms with van der Waals surface area (Å²) in [5.41, 5.74) is 5.98. The van der Waals surface area contributed by atoms with Gasteiger partial charge in [-0.15, -0.1) is 0 Å². The molecule has 1 aromatic rings. The van der Waals surface area contributed by atoms with Crippen LogP contribution in [0.5, 0.6) is 0 Å². The van der Waals surface area contributed by atoms with Gasteiger partial charge in [0, 0.05) is 32.5 Å². The van der Waals surface area contributed by atoms with Gasteiger partial charge >= 0.3 is 18.0 Å². The summed E-state index contributed by atoms with van der Waals surface area (Å²) < 4.78 is 21.1. The fourth-order valence-electron chi connectivity index (χ4n) is 3.46. The van der Waals surface area contributed by atoms with Gasteiger partial charge in [0.05, 0.1) is 25.9 Å². The maximum absolute atomic E-state index is 12.6. The van der Waals surface area contributed by atoms with Crippen LogP contribution in [-0.2, 0) is 40.0 Å². The Morgan fingerprint density at radius 2 is 1.76 bits per heavy atom. The van der Waals surface area contributed by atoms with Gasteiger partial charge in [-0.3, -0.25) is 0 Å². The van der Waals surface area contributed by atoms with Crippen molar-refractivity contribution in [2.75, 3.05) is 39.5 Å². The summed E-state index contributed by atoms with van der Waals surface area (Å²) in [4.78, 5) is 43.3. The zero-order valence-electron chi connectivity index (χ0n) is 21.2. The average molecular weight is 522 g/mol. The van der Waals surface area contributed by atoms with Crippen LogP contribution in [0, 0.1) is 0 Å². The van der Waals surface area contributed by atoms with Crippen molar-refractivity contribution in [3.63, 3.8) is 0 Å². The molecule has 1 fully saturated rings. The highest BCUT2D eigenvalue weighted by Gasteiger charge is 2.41. The molecule has 2 rings (SSSR count). The Bertz CT molecular complexity index is 942. The SMILES string of the molecule is CCOC(=O)C=C(ON=C(N)C1(OCCCO)CCN(C(=O)OCc2ccccc2)CC1)C(=O)OCC. The molecular formula is C25H35N3O9. The number of amides is 1. The lowest BCUT2D eigenvalue weighted by molar-refractivity contribution is -0.144. The topological polar surface area (TPSA) is 159 Å². The Labute approximate surface area is 215 Å². The lowest BCUT2D eigenvalue weighted by atomic mass is 9.90. The molecule has 1 aromatic carbocycles. The molecule has 1 heterocycles. The lowest BCUT2D eigenvalue weighted by Crippen LogP contribution is -2.55. The number of carbonyl (C=O) groups excluding carboxylic acids is 3. The average Bonchev–Trinajstić information content (AvgIpc) is 2.90. The van der Waals surface area contributed by atoms with E-state index in [-0.39, 0.29) is 64.8 Å². The van der Waals surface area contributed by atoms with Gasteiger partial charge in [0.25, 0.3) is 0 Å². The van der Waals surface area contributed by atoms with E-state index in [1.807, 2.05) is 30.3 Å². The monoisotopic (exact) mass is 521 g/mol. The smallest absolute Gasteiger partial charge is 0.410 e. The van der Waals surface area contributed by atoms with Crippen LogP contribution >= 0.6 is 0 Å². The number of likely N-dealkylation sites (tertiary alicyclic amines) is 1. The molecule has 0 aliphatic carbocycles. The summed E-state index contributed by atoms with van der Waals surface area (Å²) in [5.74, 6) is -2.33. The molecule has 0 radical (unpaired) electrons. The summed E-state index contributed by atoms with van der Waals surface area (Å²) >= 11 is 0. The summed E-state index contributed by atoms with van der Waals surface area (Å²) in [5, 5.41) is 13.0. The molecule has 0 bridgehead atoms. The maximum Gasteiger partial charge on any atom is 0.410 e. The largest absolute Gasteiger partial charge is 0.463 e. The Morgan fingerprint density at radius 3 is 2.38 bits per heavy atom. The molecule has 12 heteroatoms. The number of nitrogens with zero attached hydrogens (tertiary/aromatic N) is 2. The van der Waals surface area contributed by atoms with E-state index in [0.717, 1.165) is 11.6 Å². The van der Waals surface area contributed by atoms with Crippen LogP contribution in [0.15, 0.2) is 47.3 Å². The van der Waals surface area contributed by atoms with Crippen LogP contribution in [0.2, 0.25) is 0 Å². The molecule has 0 aromatic heterocycles. The van der Waals surface area contributed by atoms with E-state index in [2.05, 4.69) is 5.16 Å². The van der Waals surface area contributed by atoms with Crippen molar-refractivity contribution < 1.29 is 43.3 Å². The van der Waals surface area contributed by atoms with Gasteiger partial charge in [-0.2, -0.15) is 0 Å². The zero-order valence-corrected chi connectivity index (χ0v) is 21.2. The molecule has 0 spiro atoms. The fraction of sp³-hybridized carbons (Fsp3) is 0.520. The quantitative estimate of drug-likeness (QED) is 0.0573. The summed E-state index contributed by atoms with van der Waals surface area (Å²) in [6, 6.07) is 9.33. The highest BCUT2D eigenvalue weighted by Crippen LogP contribution is 2.28. The van der Waals surface area contributed by atoms with Crippen molar-refractivity contribution in [3.8, 4) is 0 Å². The number of piperidine rings is 1. The van der Waals surface area contributed by atoms with E-state index in [9.17, 15) is 14.4 Å². The molecule has 1 aliphatic heterocycles. The molecule has 0 unspecified atom stereocenters. The molecular weight excluding hydrogens is 486 g/mol. The summed E-state index contributed by atoms with van der Waals surface area (Å²) in [7, 11) is 0. The number of benzene rings is 1. The Kier molecular flexibility index (Phi) is 12.4. The second kappa shape index (κ2) is 15.5. The van der Waals surface area contributed by atoms with E-state index in [0.29, 0.717) is 6.42 Å². The van der Waals surface area contributed by atoms with Gasteiger partial charge in [0.15, 0.2) is 5.84 Å². The molecule has 0 atom stereocenters. The van der Waals surface area contributed by atoms with Crippen molar-refractivity contribution in [1.29, 1.82) is 0 Å². The molecule has 204 valence electrons. The normalized spacial score (nSPS) is 15.6. The number of nitrogens with two attached hydrogens (primary N) is 1. The van der Waals surface area contributed by atoms with E-state index >= 15 is 0 Å². The highest BCUT2D eigenvalue weighted by molar-refractivity contribution is 5.95. The number of ether oxygens (including phenoxy) is 4. The first-order valence-electron chi connectivity index (χ1n) is 12.1. The Hall–Kier alpha value is -3.64. The number of hydrogen-bond acceptors (Lipinski definition) is 10. The first-order valence-corrected chi connectivity index (χ1v) is 12.1. The first kappa shape index (κ1) is 29.6. The van der Waals surface area contributed by atoms with Crippen molar-refractivity contribution in [2.24, 2.45) is 10.9 Å². The lowest BCUT2D eigenvalue weighted by Gasteiger charge is -2.40. The standard InChI is InChI=1S/C25H35N3O9/c1-3-33-21(30)17-20(22(31)34-4-2)37-27-23(26)25(36-16-8-15-29)11-13-28(14-12-25)24(32)35-18-19-9-6-5-7-10-19/h5-7,9-10,17,29H,3-4,8,11-16,18H2,1-2H3,(H2,26,27). The molecule has 0 saturated carbocycles. The third-order valence-corrected chi connectivity index (χ3v) is 5.44. The number of hydrogen-bond donors (Lipinski definition) is 2. The van der Waals surface area contributed by atoms with Crippen LogP contribution in [-0.4, -0.2) is 79.0 Å². The van der Waals surface area contributed by atoms with Gasteiger partial charge in [0.1, 0.15) is 12.2 Å². The van der Waals surface area contributed by atoms with Crippen LogP contribution in [0.3, 0.4) is 0 Å². The van der Waals surface area contributed by atoms with Crippen molar-refractivity contribution in [1.82, 2.24) is 4.90 Å². The fourth-order valence-corrected chi connectivity index (χ4v) is 3.46. The van der Waals surface area contributed by atoms with Gasteiger partial charge in [-0.05, 0) is 25.8 Å². The van der Waals surface area contributed by atoms with Crippen molar-refractivity contribution in [2.45, 2.75) is 45.3 Å². The number of carbonyl (C=O) groups is 3. The van der Waals surface area contributed by atoms with Crippen molar-refractivity contribution >= 4 is 23.9 Å². The van der Waals surface area contributed by atoms with E-state index < -0.39 is 29.4 Å². The highest BCUT2D eigenvalue weighted by atomic mass is 16.7. The predicted octanol–water partition coefficient (Wildman–Crippen LogP) is 1.86. The van der Waals surface area contributed by atoms with Crippen LogP contribution in [0.25, 0.3) is 0 Å². The molecule has 12 nitrogen and oxygen atoms in total. The first-order chi connectivity index (χ1) is 17.8. The molecule has 1 amide bonds. The van der Waals surface area contributed by atoms with Crippen LogP contribution in [0.1, 0.15) is 38.7 Å². The molecule has 37 heavy (non-hydrogen) atoms. The minimum absolute atomic E-state index is 0.0476. The number of oxime groups is 1. The molecule has 1 saturated heterocycles. The minimum atomic E-state index is -1.13. The second-order valence-corrected chi connectivity index (χ2v) is 8.00. The van der Waals surface area contributed by atoms with Gasteiger partial charge < -0.3 is 39.5 Å². The van der Waals surface area contributed by atoms with E-state index in [1.54, 1.807) is 13.8 Å². The number of aliphatic hydroxyl groups excluding tert-OH is 1. The third-order valence-electron chi connectivity index (χ3n) is 5.44. The summed E-state index contributed by atoms with van der Waals surface area (Å²) in [6.45, 7) is 4.11. The van der Waals surface area contributed by atoms with E-state index in [1.165, 1.54) is 4.90 Å². The van der Waals surface area contributed by atoms with Gasteiger partial charge in [0.2, 0.25) is 5.76 Å². The maximum atomic E-state index is 12.6. The number of amidine groups is 1. The Balaban J connectivity index is 2.11. The van der Waals surface area contributed by atoms with Gasteiger partial charge in [-0.1, -0.05) is 35.5 Å².